The number of hydrogen-bond acceptors (Lipinski definition) is 5. The van der Waals surface area contributed by atoms with Crippen LogP contribution < -0.4 is 5.32 Å². The lowest BCUT2D eigenvalue weighted by molar-refractivity contribution is -0.138. The smallest absolute Gasteiger partial charge is 0.305 e. The number of carboxylic acids is 1. The van der Waals surface area contributed by atoms with Gasteiger partial charge in [-0.25, -0.2) is 0 Å². The fourth-order valence-corrected chi connectivity index (χ4v) is 5.70. The molecule has 4 rings (SSSR count). The fourth-order valence-electron chi connectivity index (χ4n) is 5.70. The lowest BCUT2D eigenvalue weighted by Crippen LogP contribution is -2.57. The van der Waals surface area contributed by atoms with Gasteiger partial charge in [-0.05, 0) is 43.9 Å². The fraction of sp³-hybridized carbons (Fsp3) is 0.567. The summed E-state index contributed by atoms with van der Waals surface area (Å²) in [5.74, 6) is -2.26. The van der Waals surface area contributed by atoms with Gasteiger partial charge in [0.2, 0.25) is 0 Å². The number of rotatable bonds is 7. The van der Waals surface area contributed by atoms with Gasteiger partial charge in [0, 0.05) is 37.2 Å². The van der Waals surface area contributed by atoms with E-state index in [1.54, 1.807) is 25.2 Å². The lowest BCUT2D eigenvalue weighted by atomic mass is 9.82. The third kappa shape index (κ3) is 6.37. The summed E-state index contributed by atoms with van der Waals surface area (Å²) in [5, 5.41) is 17.1. The van der Waals surface area contributed by atoms with Crippen LogP contribution in [0.1, 0.15) is 91.4 Å². The van der Waals surface area contributed by atoms with Crippen molar-refractivity contribution in [3.63, 3.8) is 0 Å². The molecule has 0 radical (unpaired) electrons. The standard InChI is InChI=1S/C30H41N5O5/c1-19-11-13-21(14-12-19)28(39)34-15-16-35(29(40)23-18-24(30(2,3)4)32-33(23)5)27(34)26(38)31-22(17-25(36)37)20-9-7-6-8-10-20/h11-14,18,20,22,27H,6-10,15-17H2,1-5H3,(H,31,38)(H,36,37). The number of aliphatic carboxylic acids is 1. The Kier molecular flexibility index (Phi) is 8.65. The summed E-state index contributed by atoms with van der Waals surface area (Å²) < 4.78 is 1.51. The number of nitrogens with one attached hydrogen (secondary N) is 1. The molecule has 0 spiro atoms. The Hall–Kier alpha value is -3.69. The molecule has 2 aromatic rings. The van der Waals surface area contributed by atoms with E-state index < -0.39 is 30.0 Å². The molecule has 2 N–H and O–H groups in total. The van der Waals surface area contributed by atoms with Gasteiger partial charge in [0.1, 0.15) is 5.69 Å². The molecular weight excluding hydrogens is 510 g/mol. The zero-order valence-electron chi connectivity index (χ0n) is 24.1. The maximum absolute atomic E-state index is 14.0. The number of nitrogens with zero attached hydrogens (tertiary/aromatic N) is 4. The molecule has 2 fully saturated rings. The average Bonchev–Trinajstić information content (AvgIpc) is 3.52. The second-order valence-corrected chi connectivity index (χ2v) is 12.1. The van der Waals surface area contributed by atoms with Gasteiger partial charge in [-0.2, -0.15) is 5.10 Å². The third-order valence-electron chi connectivity index (χ3n) is 8.04. The van der Waals surface area contributed by atoms with Crippen LogP contribution in [-0.4, -0.2) is 73.7 Å². The topological polar surface area (TPSA) is 125 Å². The van der Waals surface area contributed by atoms with Gasteiger partial charge in [0.05, 0.1) is 12.1 Å². The normalized spacial score (nSPS) is 19.0. The quantitative estimate of drug-likeness (QED) is 0.543. The van der Waals surface area contributed by atoms with Crippen LogP contribution in [0.15, 0.2) is 30.3 Å². The average molecular weight is 552 g/mol. The molecule has 1 aliphatic heterocycles. The minimum atomic E-state index is -1.21. The molecule has 10 nitrogen and oxygen atoms in total. The molecule has 2 heterocycles. The summed E-state index contributed by atoms with van der Waals surface area (Å²) in [6.07, 6.45) is 3.31. The van der Waals surface area contributed by atoms with E-state index in [9.17, 15) is 24.3 Å². The Morgan fingerprint density at radius 3 is 2.15 bits per heavy atom. The van der Waals surface area contributed by atoms with Gasteiger partial charge < -0.3 is 20.2 Å². The minimum absolute atomic E-state index is 0.0343. The van der Waals surface area contributed by atoms with E-state index >= 15 is 0 Å². The number of carbonyl (C=O) groups is 4. The van der Waals surface area contributed by atoms with E-state index in [-0.39, 0.29) is 36.8 Å². The van der Waals surface area contributed by atoms with Crippen molar-refractivity contribution in [1.82, 2.24) is 24.9 Å². The molecule has 40 heavy (non-hydrogen) atoms. The zero-order chi connectivity index (χ0) is 29.2. The van der Waals surface area contributed by atoms with E-state index in [1.165, 1.54) is 14.5 Å². The summed E-state index contributed by atoms with van der Waals surface area (Å²) in [6.45, 7) is 8.28. The van der Waals surface area contributed by atoms with Gasteiger partial charge in [-0.1, -0.05) is 57.7 Å². The number of benzene rings is 1. The van der Waals surface area contributed by atoms with E-state index in [0.29, 0.717) is 11.3 Å². The van der Waals surface area contributed by atoms with Crippen molar-refractivity contribution in [2.75, 3.05) is 13.1 Å². The van der Waals surface area contributed by atoms with Gasteiger partial charge in [-0.3, -0.25) is 23.9 Å². The summed E-state index contributed by atoms with van der Waals surface area (Å²) >= 11 is 0. The highest BCUT2D eigenvalue weighted by Crippen LogP contribution is 2.29. The van der Waals surface area contributed by atoms with Crippen LogP contribution in [0.5, 0.6) is 0 Å². The number of carbonyl (C=O) groups excluding carboxylic acids is 3. The maximum atomic E-state index is 14.0. The van der Waals surface area contributed by atoms with Crippen LogP contribution in [0.25, 0.3) is 0 Å². The van der Waals surface area contributed by atoms with Crippen LogP contribution in [0.3, 0.4) is 0 Å². The van der Waals surface area contributed by atoms with Crippen molar-refractivity contribution >= 4 is 23.7 Å². The first-order valence-electron chi connectivity index (χ1n) is 14.1. The number of aromatic nitrogens is 2. The van der Waals surface area contributed by atoms with Gasteiger partial charge in [-0.15, -0.1) is 0 Å². The molecular formula is C30H41N5O5. The van der Waals surface area contributed by atoms with E-state index in [2.05, 4.69) is 10.4 Å². The molecule has 1 aliphatic carbocycles. The Labute approximate surface area is 235 Å². The molecule has 2 unspecified atom stereocenters. The number of carboxylic acid groups (broad SMARTS) is 1. The molecule has 3 amide bonds. The molecule has 1 saturated heterocycles. The second kappa shape index (κ2) is 11.8. The third-order valence-corrected chi connectivity index (χ3v) is 8.04. The van der Waals surface area contributed by atoms with Crippen LogP contribution in [0.2, 0.25) is 0 Å². The Morgan fingerprint density at radius 1 is 1.00 bits per heavy atom. The van der Waals surface area contributed by atoms with Crippen molar-refractivity contribution < 1.29 is 24.3 Å². The van der Waals surface area contributed by atoms with Crippen LogP contribution >= 0.6 is 0 Å². The summed E-state index contributed by atoms with van der Waals surface area (Å²) in [5.41, 5.74) is 2.20. The van der Waals surface area contributed by atoms with E-state index in [1.807, 2.05) is 39.8 Å². The molecule has 1 aromatic heterocycles. The van der Waals surface area contributed by atoms with E-state index in [4.69, 9.17) is 0 Å². The van der Waals surface area contributed by atoms with Gasteiger partial charge >= 0.3 is 5.97 Å². The highest BCUT2D eigenvalue weighted by Gasteiger charge is 2.45. The predicted octanol–water partition coefficient (Wildman–Crippen LogP) is 3.49. The molecule has 2 atom stereocenters. The highest BCUT2D eigenvalue weighted by molar-refractivity contribution is 6.01. The van der Waals surface area contributed by atoms with Gasteiger partial charge in [0.15, 0.2) is 6.17 Å². The molecule has 10 heteroatoms. The number of hydrogen-bond donors (Lipinski definition) is 2. The number of aryl methyl sites for hydroxylation is 2. The van der Waals surface area contributed by atoms with Crippen LogP contribution in [-0.2, 0) is 22.1 Å². The molecule has 0 bridgehead atoms. The SMILES string of the molecule is Cc1ccc(C(=O)N2CCN(C(=O)c3cc(C(C)(C)C)nn3C)C2C(=O)NC(CC(=O)O)C2CCCCC2)cc1. The van der Waals surface area contributed by atoms with E-state index in [0.717, 1.165) is 43.4 Å². The largest absolute Gasteiger partial charge is 0.481 e. The Balaban J connectivity index is 1.67. The maximum Gasteiger partial charge on any atom is 0.305 e. The van der Waals surface area contributed by atoms with Gasteiger partial charge in [0.25, 0.3) is 17.7 Å². The molecule has 216 valence electrons. The lowest BCUT2D eigenvalue weighted by Gasteiger charge is -2.34. The Bertz CT molecular complexity index is 1260. The minimum Gasteiger partial charge on any atom is -0.481 e. The van der Waals surface area contributed by atoms with Crippen molar-refractivity contribution in [2.45, 2.75) is 83.8 Å². The summed E-state index contributed by atoms with van der Waals surface area (Å²) in [4.78, 5) is 56.0. The van der Waals surface area contributed by atoms with Crippen molar-refractivity contribution in [3.8, 4) is 0 Å². The van der Waals surface area contributed by atoms with Crippen LogP contribution in [0, 0.1) is 12.8 Å². The molecule has 2 aliphatic rings. The highest BCUT2D eigenvalue weighted by atomic mass is 16.4. The summed E-state index contributed by atoms with van der Waals surface area (Å²) in [7, 11) is 1.69. The zero-order valence-corrected chi connectivity index (χ0v) is 24.1. The molecule has 1 aromatic carbocycles. The monoisotopic (exact) mass is 551 g/mol. The predicted molar refractivity (Wildman–Crippen MR) is 150 cm³/mol. The van der Waals surface area contributed by atoms with Crippen molar-refractivity contribution in [2.24, 2.45) is 13.0 Å². The van der Waals surface area contributed by atoms with Crippen LogP contribution in [0.4, 0.5) is 0 Å². The van der Waals surface area contributed by atoms with Crippen molar-refractivity contribution in [3.05, 3.63) is 52.8 Å². The summed E-state index contributed by atoms with van der Waals surface area (Å²) in [6, 6.07) is 8.24. The number of amides is 3. The molecule has 1 saturated carbocycles. The first-order chi connectivity index (χ1) is 18.9. The van der Waals surface area contributed by atoms with Crippen molar-refractivity contribution in [1.29, 1.82) is 0 Å². The second-order valence-electron chi connectivity index (χ2n) is 12.1. The first-order valence-corrected chi connectivity index (χ1v) is 14.1. The Morgan fingerprint density at radius 2 is 1.60 bits per heavy atom. The first kappa shape index (κ1) is 29.3.